The number of carbonyl (C=O) groups excluding carboxylic acids is 2. The minimum absolute atomic E-state index is 0.0179. The Hall–Kier alpha value is -3.06. The molecule has 180 valence electrons. The van der Waals surface area contributed by atoms with Crippen LogP contribution in [0.25, 0.3) is 6.08 Å². The number of quaternary nitrogens is 1. The van der Waals surface area contributed by atoms with Crippen LogP contribution in [0.1, 0.15) is 17.5 Å². The van der Waals surface area contributed by atoms with E-state index < -0.39 is 0 Å². The van der Waals surface area contributed by atoms with E-state index in [0.717, 1.165) is 35.7 Å². The highest BCUT2D eigenvalue weighted by Crippen LogP contribution is 2.41. The van der Waals surface area contributed by atoms with Gasteiger partial charge in [-0.3, -0.25) is 14.5 Å². The molecular weight excluding hydrogens is 478 g/mol. The lowest BCUT2D eigenvalue weighted by Crippen LogP contribution is -3.07. The fraction of sp³-hybridized carbons (Fsp3) is 0.214. The standard InChI is InChI=1S/C28H28ClN3O2S/c1-31(19-21-9-3-2-4-10-21)16-8-15-30-27(33)20-32-24-13-5-6-14-25(24)35-26(28(32)34)18-22-11-7-12-23(29)17-22/h2-7,9-14,17-18H,8,15-16,19-20H2,1H3,(H,30,33)/p+1. The van der Waals surface area contributed by atoms with Gasteiger partial charge >= 0.3 is 0 Å². The third kappa shape index (κ3) is 6.98. The molecule has 1 aliphatic heterocycles. The van der Waals surface area contributed by atoms with Crippen LogP contribution in [0, 0.1) is 0 Å². The Morgan fingerprint density at radius 1 is 1.06 bits per heavy atom. The number of thioether (sulfide) groups is 1. The maximum Gasteiger partial charge on any atom is 0.265 e. The van der Waals surface area contributed by atoms with Gasteiger partial charge in [0, 0.05) is 28.4 Å². The molecule has 3 aromatic rings. The van der Waals surface area contributed by atoms with Crippen molar-refractivity contribution in [2.45, 2.75) is 17.9 Å². The quantitative estimate of drug-likeness (QED) is 0.340. The molecule has 2 amide bonds. The summed E-state index contributed by atoms with van der Waals surface area (Å²) in [6.07, 6.45) is 2.69. The topological polar surface area (TPSA) is 53.9 Å². The Balaban J connectivity index is 1.35. The molecule has 2 N–H and O–H groups in total. The average molecular weight is 507 g/mol. The number of anilines is 1. The third-order valence-electron chi connectivity index (χ3n) is 5.73. The van der Waals surface area contributed by atoms with Gasteiger partial charge in [-0.05, 0) is 35.9 Å². The second-order valence-electron chi connectivity index (χ2n) is 8.60. The molecule has 0 saturated carbocycles. The van der Waals surface area contributed by atoms with Gasteiger partial charge in [0.05, 0.1) is 24.2 Å². The van der Waals surface area contributed by atoms with Crippen LogP contribution in [0.2, 0.25) is 5.02 Å². The summed E-state index contributed by atoms with van der Waals surface area (Å²) in [6, 6.07) is 25.4. The van der Waals surface area contributed by atoms with Crippen LogP contribution >= 0.6 is 23.4 Å². The first-order chi connectivity index (χ1) is 17.0. The van der Waals surface area contributed by atoms with E-state index >= 15 is 0 Å². The number of nitrogens with one attached hydrogen (secondary N) is 2. The molecular formula is C28H29ClN3O2S+. The summed E-state index contributed by atoms with van der Waals surface area (Å²) in [7, 11) is 2.16. The fourth-order valence-electron chi connectivity index (χ4n) is 4.02. The largest absolute Gasteiger partial charge is 0.354 e. The molecule has 0 fully saturated rings. The fourth-order valence-corrected chi connectivity index (χ4v) is 5.27. The molecule has 7 heteroatoms. The molecule has 0 radical (unpaired) electrons. The number of nitrogens with zero attached hydrogens (tertiary/aromatic N) is 1. The molecule has 5 nitrogen and oxygen atoms in total. The number of hydrogen-bond acceptors (Lipinski definition) is 3. The van der Waals surface area contributed by atoms with Gasteiger partial charge in [0.25, 0.3) is 5.91 Å². The highest BCUT2D eigenvalue weighted by Gasteiger charge is 2.30. The van der Waals surface area contributed by atoms with Gasteiger partial charge in [0.15, 0.2) is 0 Å². The normalized spacial score (nSPS) is 15.1. The van der Waals surface area contributed by atoms with Crippen molar-refractivity contribution < 1.29 is 14.5 Å². The summed E-state index contributed by atoms with van der Waals surface area (Å²) < 4.78 is 0. The van der Waals surface area contributed by atoms with Crippen LogP contribution in [0.3, 0.4) is 0 Å². The lowest BCUT2D eigenvalue weighted by atomic mass is 10.2. The van der Waals surface area contributed by atoms with Crippen molar-refractivity contribution in [2.75, 3.05) is 31.6 Å². The molecule has 0 bridgehead atoms. The number of hydrogen-bond donors (Lipinski definition) is 2. The Kier molecular flexibility index (Phi) is 8.64. The summed E-state index contributed by atoms with van der Waals surface area (Å²) in [4.78, 5) is 30.5. The molecule has 1 aliphatic rings. The van der Waals surface area contributed by atoms with Crippen LogP contribution < -0.4 is 15.1 Å². The van der Waals surface area contributed by atoms with Gasteiger partial charge in [-0.1, -0.05) is 78.0 Å². The molecule has 0 aliphatic carbocycles. The average Bonchev–Trinajstić information content (AvgIpc) is 2.85. The number of para-hydroxylation sites is 1. The van der Waals surface area contributed by atoms with Crippen LogP contribution in [0.4, 0.5) is 5.69 Å². The minimum atomic E-state index is -0.184. The van der Waals surface area contributed by atoms with Gasteiger partial charge in [0.1, 0.15) is 13.1 Å². The van der Waals surface area contributed by atoms with Gasteiger partial charge in [-0.2, -0.15) is 0 Å². The predicted molar refractivity (Wildman–Crippen MR) is 144 cm³/mol. The van der Waals surface area contributed by atoms with E-state index in [4.69, 9.17) is 11.6 Å². The van der Waals surface area contributed by atoms with Crippen LogP contribution in [0.15, 0.2) is 88.7 Å². The van der Waals surface area contributed by atoms with Crippen LogP contribution in [-0.4, -0.2) is 38.5 Å². The summed E-state index contributed by atoms with van der Waals surface area (Å²) in [5.74, 6) is -0.348. The Bertz CT molecular complexity index is 1220. The summed E-state index contributed by atoms with van der Waals surface area (Å²) >= 11 is 7.53. The summed E-state index contributed by atoms with van der Waals surface area (Å²) in [5, 5.41) is 3.59. The second kappa shape index (κ2) is 12.1. The lowest BCUT2D eigenvalue weighted by Gasteiger charge is -2.29. The van der Waals surface area contributed by atoms with Gasteiger partial charge in [-0.25, -0.2) is 0 Å². The van der Waals surface area contributed by atoms with E-state index in [2.05, 4.69) is 36.6 Å². The Morgan fingerprint density at radius 3 is 2.63 bits per heavy atom. The van der Waals surface area contributed by atoms with E-state index in [1.807, 2.05) is 54.6 Å². The highest BCUT2D eigenvalue weighted by atomic mass is 35.5. The van der Waals surface area contributed by atoms with Crippen LogP contribution in [0.5, 0.6) is 0 Å². The van der Waals surface area contributed by atoms with Crippen molar-refractivity contribution in [1.82, 2.24) is 5.32 Å². The lowest BCUT2D eigenvalue weighted by molar-refractivity contribution is -0.893. The number of carbonyl (C=O) groups is 2. The van der Waals surface area contributed by atoms with E-state index in [9.17, 15) is 9.59 Å². The molecule has 3 aromatic carbocycles. The second-order valence-corrected chi connectivity index (χ2v) is 10.1. The first-order valence-corrected chi connectivity index (χ1v) is 12.9. The first-order valence-electron chi connectivity index (χ1n) is 11.7. The zero-order valence-electron chi connectivity index (χ0n) is 19.7. The molecule has 35 heavy (non-hydrogen) atoms. The van der Waals surface area contributed by atoms with Crippen molar-refractivity contribution in [3.05, 3.63) is 99.9 Å². The predicted octanol–water partition coefficient (Wildman–Crippen LogP) is 4.04. The summed E-state index contributed by atoms with van der Waals surface area (Å²) in [5.41, 5.74) is 2.91. The van der Waals surface area contributed by atoms with Gasteiger partial charge in [-0.15, -0.1) is 0 Å². The molecule has 0 saturated heterocycles. The summed E-state index contributed by atoms with van der Waals surface area (Å²) in [6.45, 7) is 2.46. The van der Waals surface area contributed by atoms with E-state index in [1.54, 1.807) is 11.0 Å². The number of amides is 2. The SMILES string of the molecule is C[NH+](CCCNC(=O)CN1C(=O)C(=Cc2cccc(Cl)c2)Sc2ccccc21)Cc1ccccc1. The molecule has 0 aromatic heterocycles. The van der Waals surface area contributed by atoms with E-state index in [-0.39, 0.29) is 18.4 Å². The maximum atomic E-state index is 13.3. The Morgan fingerprint density at radius 2 is 1.83 bits per heavy atom. The van der Waals surface area contributed by atoms with Crippen molar-refractivity contribution in [3.8, 4) is 0 Å². The zero-order chi connectivity index (χ0) is 24.6. The molecule has 1 atom stereocenters. The smallest absolute Gasteiger partial charge is 0.265 e. The first kappa shape index (κ1) is 25.0. The number of halogens is 1. The minimum Gasteiger partial charge on any atom is -0.354 e. The maximum absolute atomic E-state index is 13.3. The van der Waals surface area contributed by atoms with Crippen molar-refractivity contribution in [3.63, 3.8) is 0 Å². The van der Waals surface area contributed by atoms with Crippen molar-refractivity contribution >= 4 is 46.9 Å². The molecule has 1 heterocycles. The van der Waals surface area contributed by atoms with Crippen molar-refractivity contribution in [1.29, 1.82) is 0 Å². The van der Waals surface area contributed by atoms with Crippen molar-refractivity contribution in [2.24, 2.45) is 0 Å². The zero-order valence-corrected chi connectivity index (χ0v) is 21.2. The number of fused-ring (bicyclic) bond motifs is 1. The third-order valence-corrected chi connectivity index (χ3v) is 7.04. The number of benzene rings is 3. The molecule has 4 rings (SSSR count). The Labute approximate surface area is 215 Å². The van der Waals surface area contributed by atoms with Crippen LogP contribution in [-0.2, 0) is 16.1 Å². The number of rotatable bonds is 9. The molecule has 0 spiro atoms. The highest BCUT2D eigenvalue weighted by molar-refractivity contribution is 8.04. The monoisotopic (exact) mass is 506 g/mol. The van der Waals surface area contributed by atoms with Gasteiger partial charge in [0.2, 0.25) is 5.91 Å². The van der Waals surface area contributed by atoms with Gasteiger partial charge < -0.3 is 10.2 Å². The van der Waals surface area contributed by atoms with E-state index in [1.165, 1.54) is 22.2 Å². The van der Waals surface area contributed by atoms with E-state index in [0.29, 0.717) is 16.5 Å². The molecule has 1 unspecified atom stereocenters.